The quantitative estimate of drug-likeness (QED) is 0.657. The first-order valence-electron chi connectivity index (χ1n) is 9.81. The summed E-state index contributed by atoms with van der Waals surface area (Å²) in [6.45, 7) is 3.45. The van der Waals surface area contributed by atoms with E-state index in [0.29, 0.717) is 38.2 Å². The number of aromatic nitrogens is 2. The Balaban J connectivity index is 1.59. The number of nitrogens with zero attached hydrogens (tertiary/aromatic N) is 2. The summed E-state index contributed by atoms with van der Waals surface area (Å²) in [5, 5.41) is 11.6. The van der Waals surface area contributed by atoms with E-state index in [9.17, 15) is 9.59 Å². The monoisotopic (exact) mass is 408 g/mol. The van der Waals surface area contributed by atoms with E-state index in [1.54, 1.807) is 28.5 Å². The van der Waals surface area contributed by atoms with Gasteiger partial charge in [-0.3, -0.25) is 14.7 Å². The molecule has 1 fully saturated rings. The number of carbonyl (C=O) groups excluding carboxylic acids is 2. The van der Waals surface area contributed by atoms with Gasteiger partial charge in [0.05, 0.1) is 5.41 Å². The highest BCUT2D eigenvalue weighted by molar-refractivity contribution is 7.13. The van der Waals surface area contributed by atoms with Crippen LogP contribution in [0.2, 0.25) is 0 Å². The van der Waals surface area contributed by atoms with Crippen LogP contribution >= 0.6 is 11.3 Å². The number of carbonyl (C=O) groups is 2. The number of nitrogens with one attached hydrogen (secondary N) is 2. The zero-order valence-corrected chi connectivity index (χ0v) is 17.2. The summed E-state index contributed by atoms with van der Waals surface area (Å²) < 4.78 is 0. The van der Waals surface area contributed by atoms with Crippen molar-refractivity contribution < 1.29 is 9.59 Å². The molecule has 150 valence electrons. The third-order valence-electron chi connectivity index (χ3n) is 5.47. The molecule has 0 unspecified atom stereocenters. The number of amides is 2. The van der Waals surface area contributed by atoms with Crippen molar-refractivity contribution in [3.63, 3.8) is 0 Å². The lowest BCUT2D eigenvalue weighted by molar-refractivity contribution is -0.130. The van der Waals surface area contributed by atoms with Crippen molar-refractivity contribution in [2.24, 2.45) is 5.41 Å². The summed E-state index contributed by atoms with van der Waals surface area (Å²) in [4.78, 5) is 28.8. The Kier molecular flexibility index (Phi) is 5.49. The molecule has 0 saturated carbocycles. The fraction of sp³-hybridized carbons (Fsp3) is 0.318. The normalized spacial score (nSPS) is 18.7. The fourth-order valence-corrected chi connectivity index (χ4v) is 4.74. The van der Waals surface area contributed by atoms with Gasteiger partial charge in [0.1, 0.15) is 5.69 Å². The maximum absolute atomic E-state index is 13.1. The minimum atomic E-state index is -0.625. The first-order chi connectivity index (χ1) is 14.1. The SMILES string of the molecule is CCNC(=O)[C@]1(Cc2cccc(-c3cccs3)c2)CCN(C(=O)c2ccn[nH]2)C1. The second-order valence-corrected chi connectivity index (χ2v) is 8.39. The van der Waals surface area contributed by atoms with Crippen molar-refractivity contribution in [3.05, 3.63) is 65.3 Å². The van der Waals surface area contributed by atoms with E-state index in [2.05, 4.69) is 45.2 Å². The van der Waals surface area contributed by atoms with E-state index in [1.807, 2.05) is 19.1 Å². The first kappa shape index (κ1) is 19.4. The lowest BCUT2D eigenvalue weighted by Gasteiger charge is -2.28. The first-order valence-corrected chi connectivity index (χ1v) is 10.7. The predicted molar refractivity (Wildman–Crippen MR) is 114 cm³/mol. The molecule has 7 heteroatoms. The van der Waals surface area contributed by atoms with Gasteiger partial charge in [0.15, 0.2) is 0 Å². The van der Waals surface area contributed by atoms with Crippen molar-refractivity contribution in [3.8, 4) is 10.4 Å². The Morgan fingerprint density at radius 2 is 2.17 bits per heavy atom. The van der Waals surface area contributed by atoms with Crippen molar-refractivity contribution in [1.29, 1.82) is 0 Å². The molecule has 1 saturated heterocycles. The Hall–Kier alpha value is -2.93. The molecule has 0 bridgehead atoms. The van der Waals surface area contributed by atoms with Gasteiger partial charge in [0.2, 0.25) is 5.91 Å². The molecule has 4 rings (SSSR count). The molecule has 2 amide bonds. The van der Waals surface area contributed by atoms with Crippen LogP contribution in [0.4, 0.5) is 0 Å². The Bertz CT molecular complexity index is 984. The number of likely N-dealkylation sites (tertiary alicyclic amines) is 1. The number of hydrogen-bond acceptors (Lipinski definition) is 4. The van der Waals surface area contributed by atoms with Crippen molar-refractivity contribution in [1.82, 2.24) is 20.4 Å². The van der Waals surface area contributed by atoms with Gasteiger partial charge in [-0.25, -0.2) is 0 Å². The maximum Gasteiger partial charge on any atom is 0.271 e. The van der Waals surface area contributed by atoms with Gasteiger partial charge in [-0.15, -0.1) is 11.3 Å². The third-order valence-corrected chi connectivity index (χ3v) is 6.39. The summed E-state index contributed by atoms with van der Waals surface area (Å²) in [5.74, 6) is -0.0950. The molecule has 1 aliphatic rings. The number of rotatable bonds is 6. The average Bonchev–Trinajstić information content (AvgIpc) is 3.49. The van der Waals surface area contributed by atoms with Crippen LogP contribution in [0.5, 0.6) is 0 Å². The number of H-pyrrole nitrogens is 1. The zero-order chi connectivity index (χ0) is 20.3. The Morgan fingerprint density at radius 3 is 2.90 bits per heavy atom. The lowest BCUT2D eigenvalue weighted by atomic mass is 9.79. The fourth-order valence-electron chi connectivity index (χ4n) is 4.02. The molecule has 2 N–H and O–H groups in total. The van der Waals surface area contributed by atoms with E-state index >= 15 is 0 Å². The Morgan fingerprint density at radius 1 is 1.28 bits per heavy atom. The van der Waals surface area contributed by atoms with Crippen molar-refractivity contribution in [2.45, 2.75) is 19.8 Å². The van der Waals surface area contributed by atoms with Crippen LogP contribution in [0.1, 0.15) is 29.4 Å². The van der Waals surface area contributed by atoms with Gasteiger partial charge in [-0.2, -0.15) is 5.10 Å². The van der Waals surface area contributed by atoms with Gasteiger partial charge in [0, 0.05) is 30.7 Å². The highest BCUT2D eigenvalue weighted by atomic mass is 32.1. The van der Waals surface area contributed by atoms with Gasteiger partial charge in [-0.1, -0.05) is 30.3 Å². The van der Waals surface area contributed by atoms with Crippen LogP contribution in [0.3, 0.4) is 0 Å². The van der Waals surface area contributed by atoms with Crippen LogP contribution in [0.25, 0.3) is 10.4 Å². The predicted octanol–water partition coefficient (Wildman–Crippen LogP) is 3.35. The van der Waals surface area contributed by atoms with Crippen LogP contribution < -0.4 is 5.32 Å². The van der Waals surface area contributed by atoms with E-state index in [0.717, 1.165) is 11.1 Å². The van der Waals surface area contributed by atoms with Crippen LogP contribution in [0.15, 0.2) is 54.0 Å². The minimum absolute atomic E-state index is 0.0152. The smallest absolute Gasteiger partial charge is 0.271 e. The number of aromatic amines is 1. The molecule has 3 aromatic rings. The largest absolute Gasteiger partial charge is 0.356 e. The molecule has 29 heavy (non-hydrogen) atoms. The van der Waals surface area contributed by atoms with E-state index in [-0.39, 0.29) is 11.8 Å². The number of hydrogen-bond donors (Lipinski definition) is 2. The summed E-state index contributed by atoms with van der Waals surface area (Å²) in [5.41, 5.74) is 2.10. The number of benzene rings is 1. The van der Waals surface area contributed by atoms with Crippen LogP contribution in [-0.4, -0.2) is 46.5 Å². The maximum atomic E-state index is 13.1. The molecule has 6 nitrogen and oxygen atoms in total. The number of thiophene rings is 1. The van der Waals surface area contributed by atoms with Gasteiger partial charge in [-0.05, 0) is 48.4 Å². The summed E-state index contributed by atoms with van der Waals surface area (Å²) in [6, 6.07) is 14.2. The summed E-state index contributed by atoms with van der Waals surface area (Å²) in [7, 11) is 0. The van der Waals surface area contributed by atoms with Gasteiger partial charge in [0.25, 0.3) is 5.91 Å². The highest BCUT2D eigenvalue weighted by Crippen LogP contribution is 2.36. The zero-order valence-electron chi connectivity index (χ0n) is 16.4. The molecule has 0 radical (unpaired) electrons. The second-order valence-electron chi connectivity index (χ2n) is 7.44. The second kappa shape index (κ2) is 8.21. The molecule has 0 spiro atoms. The van der Waals surface area contributed by atoms with Crippen molar-refractivity contribution >= 4 is 23.2 Å². The van der Waals surface area contributed by atoms with Crippen LogP contribution in [0, 0.1) is 5.41 Å². The van der Waals surface area contributed by atoms with E-state index in [1.165, 1.54) is 4.88 Å². The topological polar surface area (TPSA) is 78.1 Å². The molecule has 0 aliphatic carbocycles. The Labute approximate surface area is 173 Å². The molecule has 3 heterocycles. The van der Waals surface area contributed by atoms with Gasteiger partial charge >= 0.3 is 0 Å². The summed E-state index contributed by atoms with van der Waals surface area (Å²) in [6.07, 6.45) is 2.81. The molecular formula is C22H24N4O2S. The van der Waals surface area contributed by atoms with Crippen LogP contribution in [-0.2, 0) is 11.2 Å². The third kappa shape index (κ3) is 3.96. The summed E-state index contributed by atoms with van der Waals surface area (Å²) >= 11 is 1.70. The average molecular weight is 409 g/mol. The van der Waals surface area contributed by atoms with E-state index in [4.69, 9.17) is 0 Å². The van der Waals surface area contributed by atoms with E-state index < -0.39 is 5.41 Å². The standard InChI is InChI=1S/C22H24N4O2S/c1-2-23-21(28)22(9-11-26(15-22)20(27)18-8-10-24-25-18)14-16-5-3-6-17(13-16)19-7-4-12-29-19/h3-8,10,12-13H,2,9,11,14-15H2,1H3,(H,23,28)(H,24,25)/t22-/m0/s1. The highest BCUT2D eigenvalue weighted by Gasteiger charge is 2.46. The minimum Gasteiger partial charge on any atom is -0.356 e. The molecular weight excluding hydrogens is 384 g/mol. The molecule has 2 aromatic heterocycles. The van der Waals surface area contributed by atoms with Gasteiger partial charge < -0.3 is 10.2 Å². The molecule has 1 aliphatic heterocycles. The molecule has 1 aromatic carbocycles. The van der Waals surface area contributed by atoms with Crippen molar-refractivity contribution in [2.75, 3.05) is 19.6 Å². The molecule has 1 atom stereocenters. The lowest BCUT2D eigenvalue weighted by Crippen LogP contribution is -2.45.